The first-order valence-electron chi connectivity index (χ1n) is 7.53. The van der Waals surface area contributed by atoms with Crippen molar-refractivity contribution in [3.05, 3.63) is 64.9 Å². The van der Waals surface area contributed by atoms with Crippen molar-refractivity contribution in [3.8, 4) is 0 Å². The van der Waals surface area contributed by atoms with Gasteiger partial charge in [0, 0.05) is 31.6 Å². The van der Waals surface area contributed by atoms with Gasteiger partial charge in [0.15, 0.2) is 0 Å². The van der Waals surface area contributed by atoms with Crippen molar-refractivity contribution in [1.82, 2.24) is 9.62 Å². The van der Waals surface area contributed by atoms with E-state index >= 15 is 0 Å². The summed E-state index contributed by atoms with van der Waals surface area (Å²) in [7, 11) is -3.70. The maximum absolute atomic E-state index is 12.9. The summed E-state index contributed by atoms with van der Waals surface area (Å²) in [5, 5.41) is 0.324. The van der Waals surface area contributed by atoms with Crippen molar-refractivity contribution in [2.24, 2.45) is 0 Å². The molecule has 25 heavy (non-hydrogen) atoms. The van der Waals surface area contributed by atoms with Gasteiger partial charge in [0.05, 0.1) is 4.90 Å². The van der Waals surface area contributed by atoms with Crippen LogP contribution in [0.1, 0.15) is 12.5 Å². The van der Waals surface area contributed by atoms with E-state index in [9.17, 15) is 17.6 Å². The molecule has 0 fully saturated rings. The third-order valence-electron chi connectivity index (χ3n) is 3.51. The minimum atomic E-state index is -3.70. The lowest BCUT2D eigenvalue weighted by atomic mass is 10.2. The molecular formula is C17H18ClFN2O3S. The Balaban J connectivity index is 1.97. The van der Waals surface area contributed by atoms with Gasteiger partial charge >= 0.3 is 0 Å². The van der Waals surface area contributed by atoms with Gasteiger partial charge in [0.2, 0.25) is 15.9 Å². The number of rotatable bonds is 7. The number of hydrogen-bond donors (Lipinski definition) is 1. The molecule has 0 spiro atoms. The molecule has 2 aromatic carbocycles. The van der Waals surface area contributed by atoms with E-state index in [0.29, 0.717) is 5.02 Å². The second-order valence-corrected chi connectivity index (χ2v) is 7.63. The molecule has 1 N–H and O–H groups in total. The number of benzene rings is 2. The van der Waals surface area contributed by atoms with Gasteiger partial charge in [0.25, 0.3) is 0 Å². The Bertz CT molecular complexity index is 841. The van der Waals surface area contributed by atoms with Crippen LogP contribution in [0.3, 0.4) is 0 Å². The summed E-state index contributed by atoms with van der Waals surface area (Å²) in [5.74, 6) is -0.557. The number of nitrogens with zero attached hydrogens (tertiary/aromatic N) is 1. The molecule has 134 valence electrons. The van der Waals surface area contributed by atoms with E-state index in [2.05, 4.69) is 4.72 Å². The first-order chi connectivity index (χ1) is 11.8. The lowest BCUT2D eigenvalue weighted by molar-refractivity contribution is -0.129. The third kappa shape index (κ3) is 5.81. The minimum Gasteiger partial charge on any atom is -0.337 e. The van der Waals surface area contributed by atoms with Crippen molar-refractivity contribution in [3.63, 3.8) is 0 Å². The lowest BCUT2D eigenvalue weighted by Crippen LogP contribution is -2.37. The van der Waals surface area contributed by atoms with Gasteiger partial charge in [0.1, 0.15) is 5.82 Å². The monoisotopic (exact) mass is 384 g/mol. The van der Waals surface area contributed by atoms with Crippen LogP contribution in [0, 0.1) is 5.82 Å². The summed E-state index contributed by atoms with van der Waals surface area (Å²) in [6.45, 7) is 1.91. The number of carbonyl (C=O) groups is 1. The van der Waals surface area contributed by atoms with E-state index in [1.807, 2.05) is 0 Å². The Hall–Kier alpha value is -1.96. The molecule has 5 nitrogen and oxygen atoms in total. The smallest absolute Gasteiger partial charge is 0.240 e. The second-order valence-electron chi connectivity index (χ2n) is 5.42. The fourth-order valence-electron chi connectivity index (χ4n) is 2.19. The van der Waals surface area contributed by atoms with E-state index in [-0.39, 0.29) is 36.3 Å². The minimum absolute atomic E-state index is 0.0512. The van der Waals surface area contributed by atoms with E-state index in [4.69, 9.17) is 11.6 Å². The molecule has 1 amide bonds. The van der Waals surface area contributed by atoms with Gasteiger partial charge in [-0.3, -0.25) is 4.79 Å². The Morgan fingerprint density at radius 3 is 2.48 bits per heavy atom. The Kier molecular flexibility index (Phi) is 6.52. The van der Waals surface area contributed by atoms with Gasteiger partial charge in [-0.15, -0.1) is 0 Å². The summed E-state index contributed by atoms with van der Waals surface area (Å²) in [6.07, 6.45) is 0. The van der Waals surface area contributed by atoms with E-state index < -0.39 is 10.0 Å². The van der Waals surface area contributed by atoms with E-state index in [1.165, 1.54) is 36.1 Å². The summed E-state index contributed by atoms with van der Waals surface area (Å²) < 4.78 is 39.8. The first kappa shape index (κ1) is 19.4. The molecule has 0 atom stereocenters. The van der Waals surface area contributed by atoms with Gasteiger partial charge in [-0.1, -0.05) is 29.8 Å². The molecule has 0 saturated carbocycles. The number of amides is 1. The topological polar surface area (TPSA) is 66.5 Å². The molecule has 0 aliphatic rings. The fraction of sp³-hybridized carbons (Fsp3) is 0.235. The molecule has 0 bridgehead atoms. The van der Waals surface area contributed by atoms with Crippen LogP contribution in [0.25, 0.3) is 0 Å². The van der Waals surface area contributed by atoms with Crippen LogP contribution < -0.4 is 4.72 Å². The van der Waals surface area contributed by atoms with Crippen LogP contribution in [0.15, 0.2) is 53.4 Å². The van der Waals surface area contributed by atoms with Crippen LogP contribution >= 0.6 is 11.6 Å². The van der Waals surface area contributed by atoms with Crippen LogP contribution in [0.4, 0.5) is 4.39 Å². The Morgan fingerprint density at radius 2 is 1.88 bits per heavy atom. The third-order valence-corrected chi connectivity index (χ3v) is 5.21. The second kappa shape index (κ2) is 8.42. The predicted molar refractivity (Wildman–Crippen MR) is 94.1 cm³/mol. The Labute approximate surface area is 151 Å². The average molecular weight is 385 g/mol. The zero-order valence-electron chi connectivity index (χ0n) is 13.6. The highest BCUT2D eigenvalue weighted by Gasteiger charge is 2.15. The molecule has 0 aromatic heterocycles. The van der Waals surface area contributed by atoms with Crippen LogP contribution in [-0.4, -0.2) is 32.3 Å². The average Bonchev–Trinajstić information content (AvgIpc) is 2.55. The van der Waals surface area contributed by atoms with Crippen molar-refractivity contribution >= 4 is 27.5 Å². The van der Waals surface area contributed by atoms with Gasteiger partial charge < -0.3 is 4.90 Å². The van der Waals surface area contributed by atoms with E-state index in [1.54, 1.807) is 24.3 Å². The van der Waals surface area contributed by atoms with Crippen molar-refractivity contribution in [2.75, 3.05) is 13.1 Å². The summed E-state index contributed by atoms with van der Waals surface area (Å²) in [5.41, 5.74) is 0.759. The maximum Gasteiger partial charge on any atom is 0.240 e. The molecule has 2 aromatic rings. The SMILES string of the molecule is CC(=O)N(CCNS(=O)(=O)c1cccc(Cl)c1)Cc1ccc(F)cc1. The van der Waals surface area contributed by atoms with Crippen LogP contribution in [-0.2, 0) is 21.4 Å². The largest absolute Gasteiger partial charge is 0.337 e. The highest BCUT2D eigenvalue weighted by molar-refractivity contribution is 7.89. The molecule has 0 unspecified atom stereocenters. The molecule has 0 radical (unpaired) electrons. The van der Waals surface area contributed by atoms with Gasteiger partial charge in [-0.25, -0.2) is 17.5 Å². The summed E-state index contributed by atoms with van der Waals surface area (Å²) >= 11 is 5.81. The normalized spacial score (nSPS) is 11.3. The van der Waals surface area contributed by atoms with Crippen molar-refractivity contribution < 1.29 is 17.6 Å². The quantitative estimate of drug-likeness (QED) is 0.798. The predicted octanol–water partition coefficient (Wildman–Crippen LogP) is 2.81. The van der Waals surface area contributed by atoms with E-state index in [0.717, 1.165) is 5.56 Å². The standard InChI is InChI=1S/C17H18ClFN2O3S/c1-13(22)21(12-14-5-7-16(19)8-6-14)10-9-20-25(23,24)17-4-2-3-15(18)11-17/h2-8,11,20H,9-10,12H2,1H3. The highest BCUT2D eigenvalue weighted by Crippen LogP contribution is 2.15. The zero-order chi connectivity index (χ0) is 18.4. The van der Waals surface area contributed by atoms with Crippen molar-refractivity contribution in [2.45, 2.75) is 18.4 Å². The highest BCUT2D eigenvalue weighted by atomic mass is 35.5. The number of hydrogen-bond acceptors (Lipinski definition) is 3. The summed E-state index contributed by atoms with van der Waals surface area (Å²) in [4.78, 5) is 13.3. The van der Waals surface area contributed by atoms with Crippen LogP contribution in [0.5, 0.6) is 0 Å². The molecule has 0 saturated heterocycles. The molecule has 8 heteroatoms. The molecule has 0 aliphatic carbocycles. The number of carbonyl (C=O) groups excluding carboxylic acids is 1. The summed E-state index contributed by atoms with van der Waals surface area (Å²) in [6, 6.07) is 11.7. The Morgan fingerprint density at radius 1 is 1.20 bits per heavy atom. The number of sulfonamides is 1. The molecule has 0 aliphatic heterocycles. The van der Waals surface area contributed by atoms with Crippen LogP contribution in [0.2, 0.25) is 5.02 Å². The zero-order valence-corrected chi connectivity index (χ0v) is 15.1. The molecular weight excluding hydrogens is 367 g/mol. The van der Waals surface area contributed by atoms with Gasteiger partial charge in [-0.05, 0) is 35.9 Å². The number of nitrogens with one attached hydrogen (secondary N) is 1. The fourth-order valence-corrected chi connectivity index (χ4v) is 3.51. The van der Waals surface area contributed by atoms with Gasteiger partial charge in [-0.2, -0.15) is 0 Å². The lowest BCUT2D eigenvalue weighted by Gasteiger charge is -2.21. The number of halogens is 2. The molecule has 0 heterocycles. The molecule has 2 rings (SSSR count). The maximum atomic E-state index is 12.9. The first-order valence-corrected chi connectivity index (χ1v) is 9.39. The van der Waals surface area contributed by atoms with Crippen molar-refractivity contribution in [1.29, 1.82) is 0 Å².